The topological polar surface area (TPSA) is 43.6 Å². The third-order valence-corrected chi connectivity index (χ3v) is 5.41. The summed E-state index contributed by atoms with van der Waals surface area (Å²) in [5.41, 5.74) is 1.70. The molecule has 2 aromatic carbocycles. The number of para-hydroxylation sites is 1. The van der Waals surface area contributed by atoms with Crippen molar-refractivity contribution < 1.29 is 9.53 Å². The Morgan fingerprint density at radius 3 is 2.74 bits per heavy atom. The molecule has 0 unspecified atom stereocenters. The van der Waals surface area contributed by atoms with E-state index in [4.69, 9.17) is 4.74 Å². The molecular weight excluding hydrogens is 423 g/mol. The smallest absolute Gasteiger partial charge is 0.280 e. The van der Waals surface area contributed by atoms with Gasteiger partial charge < -0.3 is 9.30 Å². The van der Waals surface area contributed by atoms with Crippen LogP contribution in [0.3, 0.4) is 0 Å². The van der Waals surface area contributed by atoms with Gasteiger partial charge in [-0.15, -0.1) is 0 Å². The second-order valence-corrected chi connectivity index (χ2v) is 7.06. The van der Waals surface area contributed by atoms with E-state index in [0.29, 0.717) is 23.5 Å². The highest BCUT2D eigenvalue weighted by atomic mass is 127. The molecule has 1 aromatic heterocycles. The van der Waals surface area contributed by atoms with Gasteiger partial charge in [0.05, 0.1) is 22.4 Å². The molecule has 0 N–H and O–H groups in total. The maximum absolute atomic E-state index is 12.5. The average Bonchev–Trinajstić information content (AvgIpc) is 2.90. The number of halogens is 1. The maximum atomic E-state index is 12.5. The number of nitrogens with zero attached hydrogens (tertiary/aromatic N) is 2. The van der Waals surface area contributed by atoms with Crippen molar-refractivity contribution >= 4 is 50.1 Å². The number of ether oxygens (including phenoxy) is 1. The van der Waals surface area contributed by atoms with Gasteiger partial charge in [0.2, 0.25) is 0 Å². The van der Waals surface area contributed by atoms with Gasteiger partial charge in [0.25, 0.3) is 5.91 Å². The minimum absolute atomic E-state index is 0.215. The molecular formula is C17H15IN2O2S. The molecule has 0 aliphatic carbocycles. The van der Waals surface area contributed by atoms with Crippen LogP contribution in [-0.4, -0.2) is 24.2 Å². The molecule has 23 heavy (non-hydrogen) atoms. The number of hydrogen-bond acceptors (Lipinski definition) is 3. The molecule has 0 saturated heterocycles. The SMILES string of the molecule is COCCn1c(=NC(=O)c2ccccc2I)sc2ccccc21. The molecule has 4 nitrogen and oxygen atoms in total. The lowest BCUT2D eigenvalue weighted by Gasteiger charge is -2.04. The van der Waals surface area contributed by atoms with Crippen LogP contribution >= 0.6 is 33.9 Å². The number of aromatic nitrogens is 1. The van der Waals surface area contributed by atoms with E-state index in [2.05, 4.69) is 27.6 Å². The summed E-state index contributed by atoms with van der Waals surface area (Å²) in [4.78, 5) is 17.6. The van der Waals surface area contributed by atoms with Gasteiger partial charge in [0.1, 0.15) is 0 Å². The average molecular weight is 438 g/mol. The Morgan fingerprint density at radius 2 is 1.96 bits per heavy atom. The Kier molecular flexibility index (Phi) is 5.24. The monoisotopic (exact) mass is 438 g/mol. The lowest BCUT2D eigenvalue weighted by Crippen LogP contribution is -2.19. The first-order valence-electron chi connectivity index (χ1n) is 7.11. The number of amides is 1. The van der Waals surface area contributed by atoms with Crippen molar-refractivity contribution in [3.63, 3.8) is 0 Å². The highest BCUT2D eigenvalue weighted by molar-refractivity contribution is 14.1. The van der Waals surface area contributed by atoms with Crippen LogP contribution in [0.2, 0.25) is 0 Å². The molecule has 6 heteroatoms. The molecule has 0 aliphatic heterocycles. The molecule has 1 amide bonds. The summed E-state index contributed by atoms with van der Waals surface area (Å²) < 4.78 is 9.24. The summed E-state index contributed by atoms with van der Waals surface area (Å²) in [6.07, 6.45) is 0. The van der Waals surface area contributed by atoms with Crippen molar-refractivity contribution in [1.82, 2.24) is 4.57 Å². The van der Waals surface area contributed by atoms with Crippen LogP contribution in [0, 0.1) is 3.57 Å². The Labute approximate surface area is 151 Å². The lowest BCUT2D eigenvalue weighted by molar-refractivity contribution is 0.0996. The first-order valence-corrected chi connectivity index (χ1v) is 9.01. The third-order valence-electron chi connectivity index (χ3n) is 3.41. The molecule has 0 fully saturated rings. The molecule has 118 valence electrons. The Hall–Kier alpha value is -1.51. The number of benzene rings is 2. The summed E-state index contributed by atoms with van der Waals surface area (Å²) >= 11 is 3.68. The van der Waals surface area contributed by atoms with Gasteiger partial charge in [-0.25, -0.2) is 0 Å². The zero-order valence-corrected chi connectivity index (χ0v) is 15.5. The fraction of sp³-hybridized carbons (Fsp3) is 0.176. The molecule has 3 rings (SSSR count). The van der Waals surface area contributed by atoms with Crippen molar-refractivity contribution in [2.75, 3.05) is 13.7 Å². The van der Waals surface area contributed by atoms with Crippen molar-refractivity contribution in [1.29, 1.82) is 0 Å². The fourth-order valence-corrected chi connectivity index (χ4v) is 3.96. The molecule has 3 aromatic rings. The number of hydrogen-bond donors (Lipinski definition) is 0. The number of carbonyl (C=O) groups is 1. The van der Waals surface area contributed by atoms with E-state index in [9.17, 15) is 4.79 Å². The molecule has 0 bridgehead atoms. The Morgan fingerprint density at radius 1 is 1.22 bits per heavy atom. The summed E-state index contributed by atoms with van der Waals surface area (Å²) in [6.45, 7) is 1.24. The molecule has 0 saturated carbocycles. The van der Waals surface area contributed by atoms with Crippen molar-refractivity contribution in [2.45, 2.75) is 6.54 Å². The first-order chi connectivity index (χ1) is 11.2. The van der Waals surface area contributed by atoms with Crippen LogP contribution in [0.25, 0.3) is 10.2 Å². The summed E-state index contributed by atoms with van der Waals surface area (Å²) in [6, 6.07) is 15.5. The Balaban J connectivity index is 2.11. The minimum atomic E-state index is -0.215. The van der Waals surface area contributed by atoms with Crippen molar-refractivity contribution in [3.05, 3.63) is 62.5 Å². The van der Waals surface area contributed by atoms with E-state index in [-0.39, 0.29) is 5.91 Å². The molecule has 1 heterocycles. The molecule has 0 aliphatic rings. The molecule has 0 atom stereocenters. The van der Waals surface area contributed by atoms with Crippen LogP contribution in [-0.2, 0) is 11.3 Å². The minimum Gasteiger partial charge on any atom is -0.383 e. The number of fused-ring (bicyclic) bond motifs is 1. The zero-order valence-electron chi connectivity index (χ0n) is 12.5. The largest absolute Gasteiger partial charge is 0.383 e. The molecule has 0 spiro atoms. The Bertz CT molecular complexity index is 914. The summed E-state index contributed by atoms with van der Waals surface area (Å²) in [5.74, 6) is -0.215. The van der Waals surface area contributed by atoms with Gasteiger partial charge >= 0.3 is 0 Å². The first kappa shape index (κ1) is 16.4. The van der Waals surface area contributed by atoms with Crippen molar-refractivity contribution in [3.8, 4) is 0 Å². The highest BCUT2D eigenvalue weighted by Crippen LogP contribution is 2.17. The van der Waals surface area contributed by atoms with Gasteiger partial charge in [-0.3, -0.25) is 4.79 Å². The molecule has 0 radical (unpaired) electrons. The van der Waals surface area contributed by atoms with E-state index < -0.39 is 0 Å². The van der Waals surface area contributed by atoms with Gasteiger partial charge in [-0.05, 0) is 46.9 Å². The van der Waals surface area contributed by atoms with E-state index in [1.807, 2.05) is 47.0 Å². The van der Waals surface area contributed by atoms with E-state index in [1.54, 1.807) is 13.2 Å². The van der Waals surface area contributed by atoms with Gasteiger partial charge in [-0.1, -0.05) is 35.6 Å². The fourth-order valence-electron chi connectivity index (χ4n) is 2.29. The quantitative estimate of drug-likeness (QED) is 0.584. The summed E-state index contributed by atoms with van der Waals surface area (Å²) in [5, 5.41) is 0. The predicted molar refractivity (Wildman–Crippen MR) is 101 cm³/mol. The van der Waals surface area contributed by atoms with Crippen LogP contribution < -0.4 is 4.80 Å². The van der Waals surface area contributed by atoms with Crippen LogP contribution in [0.5, 0.6) is 0 Å². The number of thiazole rings is 1. The van der Waals surface area contributed by atoms with Crippen LogP contribution in [0.4, 0.5) is 0 Å². The second-order valence-electron chi connectivity index (χ2n) is 4.89. The third kappa shape index (κ3) is 3.54. The van der Waals surface area contributed by atoms with E-state index in [0.717, 1.165) is 13.8 Å². The van der Waals surface area contributed by atoms with Gasteiger partial charge in [0, 0.05) is 17.2 Å². The van der Waals surface area contributed by atoms with Gasteiger partial charge in [-0.2, -0.15) is 4.99 Å². The lowest BCUT2D eigenvalue weighted by atomic mass is 10.2. The van der Waals surface area contributed by atoms with Crippen LogP contribution in [0.15, 0.2) is 53.5 Å². The summed E-state index contributed by atoms with van der Waals surface area (Å²) in [7, 11) is 1.67. The highest BCUT2D eigenvalue weighted by Gasteiger charge is 2.10. The van der Waals surface area contributed by atoms with Crippen molar-refractivity contribution in [2.24, 2.45) is 4.99 Å². The standard InChI is InChI=1S/C17H15IN2O2S/c1-22-11-10-20-14-8-4-5-9-15(14)23-17(20)19-16(21)12-6-2-3-7-13(12)18/h2-9H,10-11H2,1H3. The van der Waals surface area contributed by atoms with Gasteiger partial charge in [0.15, 0.2) is 4.80 Å². The number of rotatable bonds is 4. The second kappa shape index (κ2) is 7.37. The predicted octanol–water partition coefficient (Wildman–Crippen LogP) is 3.69. The zero-order chi connectivity index (χ0) is 16.2. The normalized spacial score (nSPS) is 12.0. The van der Waals surface area contributed by atoms with Crippen LogP contribution in [0.1, 0.15) is 10.4 Å². The number of carbonyl (C=O) groups excluding carboxylic acids is 1. The van der Waals surface area contributed by atoms with E-state index in [1.165, 1.54) is 11.3 Å². The van der Waals surface area contributed by atoms with E-state index >= 15 is 0 Å². The number of methoxy groups -OCH3 is 1. The maximum Gasteiger partial charge on any atom is 0.280 e.